The van der Waals surface area contributed by atoms with Crippen LogP contribution in [0, 0.1) is 0 Å². The normalized spacial score (nSPS) is 13.5. The third-order valence-corrected chi connectivity index (χ3v) is 22.3. The van der Waals surface area contributed by atoms with Gasteiger partial charge in [-0.2, -0.15) is 0 Å². The molecule has 0 unspecified atom stereocenters. The first kappa shape index (κ1) is 34.1. The Morgan fingerprint density at radius 3 is 1.28 bits per heavy atom. The predicted molar refractivity (Wildman–Crippen MR) is 190 cm³/mol. The second kappa shape index (κ2) is 12.8. The summed E-state index contributed by atoms with van der Waals surface area (Å²) >= 11 is 0. The molecule has 3 nitrogen and oxygen atoms in total. The molecule has 2 aromatic carbocycles. The SMILES string of the molecule is CN(C)c1ccc([Si](C)(C)CC[Si](C)(C)CC(C)(C)O[Si](C)(C)CC[Si](C)(C)c2ccc(N(C)C)cc2)cc1. The highest BCUT2D eigenvalue weighted by Crippen LogP contribution is 2.34. The van der Waals surface area contributed by atoms with Crippen LogP contribution in [0.4, 0.5) is 11.4 Å². The number of hydrogen-bond acceptors (Lipinski definition) is 3. The first-order valence-electron chi connectivity index (χ1n) is 14.9. The average molecular weight is 601 g/mol. The highest BCUT2D eigenvalue weighted by molar-refractivity contribution is 6.92. The van der Waals surface area contributed by atoms with Crippen molar-refractivity contribution in [2.45, 2.75) is 102 Å². The zero-order chi connectivity index (χ0) is 29.9. The fourth-order valence-corrected chi connectivity index (χ4v) is 23.2. The van der Waals surface area contributed by atoms with Gasteiger partial charge in [-0.25, -0.2) is 0 Å². The summed E-state index contributed by atoms with van der Waals surface area (Å²) in [5.41, 5.74) is 2.53. The highest BCUT2D eigenvalue weighted by atomic mass is 28.4. The van der Waals surface area contributed by atoms with Crippen LogP contribution in [0.2, 0.25) is 82.6 Å². The van der Waals surface area contributed by atoms with E-state index in [2.05, 4.69) is 153 Å². The number of nitrogens with zero attached hydrogens (tertiary/aromatic N) is 2. The van der Waals surface area contributed by atoms with Crippen LogP contribution >= 0.6 is 0 Å². The fraction of sp³-hybridized carbons (Fsp3) is 0.625. The summed E-state index contributed by atoms with van der Waals surface area (Å²) in [5.74, 6) is 0. The maximum atomic E-state index is 7.09. The van der Waals surface area contributed by atoms with Gasteiger partial charge in [0, 0.05) is 53.2 Å². The van der Waals surface area contributed by atoms with Crippen molar-refractivity contribution in [1.82, 2.24) is 0 Å². The number of anilines is 2. The molecule has 2 rings (SSSR count). The predicted octanol–water partition coefficient (Wildman–Crippen LogP) is 8.06. The third-order valence-electron chi connectivity index (χ3n) is 8.57. The summed E-state index contributed by atoms with van der Waals surface area (Å²) in [4.78, 5) is 4.37. The standard InChI is InChI=1S/C32H60N2OSi4/c1-32(2,27-36(7,8)23-24-37(9,10)30-19-15-28(16-20-30)33(3)4)35-39(13,14)26-25-38(11,12)31-21-17-29(18-22-31)34(5)6/h15-22H,23-27H2,1-14H3. The lowest BCUT2D eigenvalue weighted by atomic mass is 10.2. The first-order valence-corrected chi connectivity index (χ1v) is 27.9. The van der Waals surface area contributed by atoms with E-state index in [0.29, 0.717) is 0 Å². The van der Waals surface area contributed by atoms with Crippen LogP contribution in [0.15, 0.2) is 48.5 Å². The van der Waals surface area contributed by atoms with Crippen molar-refractivity contribution < 1.29 is 4.43 Å². The van der Waals surface area contributed by atoms with Crippen molar-refractivity contribution in [1.29, 1.82) is 0 Å². The number of rotatable bonds is 14. The molecule has 0 aromatic heterocycles. The summed E-state index contributed by atoms with van der Waals surface area (Å²) in [7, 11) is 2.31. The minimum atomic E-state index is -1.78. The van der Waals surface area contributed by atoms with Gasteiger partial charge in [-0.05, 0) is 63.3 Å². The molecule has 0 heterocycles. The topological polar surface area (TPSA) is 15.7 Å². The Morgan fingerprint density at radius 1 is 0.564 bits per heavy atom. The largest absolute Gasteiger partial charge is 0.413 e. The Balaban J connectivity index is 1.97. The van der Waals surface area contributed by atoms with Crippen molar-refractivity contribution >= 4 is 54.3 Å². The zero-order valence-corrected chi connectivity index (χ0v) is 32.0. The van der Waals surface area contributed by atoms with Crippen LogP contribution in [0.3, 0.4) is 0 Å². The van der Waals surface area contributed by atoms with Gasteiger partial charge in [0.25, 0.3) is 0 Å². The van der Waals surface area contributed by atoms with Crippen molar-refractivity contribution in [3.8, 4) is 0 Å². The van der Waals surface area contributed by atoms with Crippen molar-refractivity contribution in [3.05, 3.63) is 48.5 Å². The number of benzene rings is 2. The van der Waals surface area contributed by atoms with Crippen molar-refractivity contribution in [3.63, 3.8) is 0 Å². The van der Waals surface area contributed by atoms with Gasteiger partial charge < -0.3 is 14.2 Å². The molecule has 0 amide bonds. The lowest BCUT2D eigenvalue weighted by Crippen LogP contribution is -2.49. The summed E-state index contributed by atoms with van der Waals surface area (Å²) in [6.07, 6.45) is 0. The van der Waals surface area contributed by atoms with Gasteiger partial charge in [0.2, 0.25) is 0 Å². The van der Waals surface area contributed by atoms with E-state index >= 15 is 0 Å². The molecular formula is C32H60N2OSi4. The van der Waals surface area contributed by atoms with Crippen LogP contribution in [0.5, 0.6) is 0 Å². The van der Waals surface area contributed by atoms with Gasteiger partial charge in [-0.1, -0.05) is 92.1 Å². The Labute approximate surface area is 246 Å². The van der Waals surface area contributed by atoms with Crippen molar-refractivity contribution in [2.24, 2.45) is 0 Å². The third kappa shape index (κ3) is 10.7. The van der Waals surface area contributed by atoms with Gasteiger partial charge in [0.1, 0.15) is 0 Å². The molecule has 0 fully saturated rings. The summed E-state index contributed by atoms with van der Waals surface area (Å²) in [6.45, 7) is 25.0. The molecule has 0 spiro atoms. The van der Waals surface area contributed by atoms with E-state index < -0.39 is 32.5 Å². The Bertz CT molecular complexity index is 959. The van der Waals surface area contributed by atoms with E-state index in [-0.39, 0.29) is 5.60 Å². The first-order chi connectivity index (χ1) is 17.6. The quantitative estimate of drug-likeness (QED) is 0.204. The van der Waals surface area contributed by atoms with Crippen LogP contribution in [-0.2, 0) is 4.43 Å². The summed E-state index contributed by atoms with van der Waals surface area (Å²) < 4.78 is 7.09. The van der Waals surface area contributed by atoms with E-state index in [1.165, 1.54) is 41.6 Å². The van der Waals surface area contributed by atoms with E-state index in [1.54, 1.807) is 10.4 Å². The van der Waals surface area contributed by atoms with Crippen LogP contribution in [0.25, 0.3) is 0 Å². The van der Waals surface area contributed by atoms with E-state index in [4.69, 9.17) is 4.43 Å². The Morgan fingerprint density at radius 2 is 0.923 bits per heavy atom. The molecule has 0 aliphatic heterocycles. The molecule has 0 aliphatic carbocycles. The molecule has 0 saturated carbocycles. The molecule has 7 heteroatoms. The van der Waals surface area contributed by atoms with Gasteiger partial charge in [0.15, 0.2) is 8.32 Å². The zero-order valence-electron chi connectivity index (χ0n) is 28.0. The Hall–Kier alpha value is -1.13. The Kier molecular flexibility index (Phi) is 11.2. The minimum Gasteiger partial charge on any atom is -0.413 e. The smallest absolute Gasteiger partial charge is 0.187 e. The minimum absolute atomic E-state index is 0.0381. The molecule has 0 bridgehead atoms. The van der Waals surface area contributed by atoms with Gasteiger partial charge in [-0.3, -0.25) is 0 Å². The second-order valence-electron chi connectivity index (χ2n) is 15.6. The molecule has 0 aliphatic rings. The van der Waals surface area contributed by atoms with Crippen LogP contribution < -0.4 is 20.2 Å². The van der Waals surface area contributed by atoms with Crippen LogP contribution in [0.1, 0.15) is 13.8 Å². The van der Waals surface area contributed by atoms with Gasteiger partial charge in [-0.15, -0.1) is 0 Å². The maximum absolute atomic E-state index is 7.09. The molecule has 39 heavy (non-hydrogen) atoms. The molecule has 0 N–H and O–H groups in total. The summed E-state index contributed by atoms with van der Waals surface area (Å²) in [5, 5.41) is 3.15. The molecule has 220 valence electrons. The fourth-order valence-electron chi connectivity index (χ4n) is 6.05. The van der Waals surface area contributed by atoms with E-state index in [0.717, 1.165) is 0 Å². The molecule has 2 aromatic rings. The molecule has 0 saturated heterocycles. The molecule has 0 atom stereocenters. The van der Waals surface area contributed by atoms with Crippen LogP contribution in [-0.4, -0.2) is 66.3 Å². The monoisotopic (exact) mass is 600 g/mol. The number of hydrogen-bond donors (Lipinski definition) is 0. The summed E-state index contributed by atoms with van der Waals surface area (Å²) in [6, 6.07) is 25.2. The second-order valence-corrected chi connectivity index (χ2v) is 34.7. The molecular weight excluding hydrogens is 541 g/mol. The average Bonchev–Trinajstić information content (AvgIpc) is 2.80. The lowest BCUT2D eigenvalue weighted by Gasteiger charge is -2.41. The van der Waals surface area contributed by atoms with E-state index in [9.17, 15) is 0 Å². The van der Waals surface area contributed by atoms with Crippen molar-refractivity contribution in [2.75, 3.05) is 38.0 Å². The van der Waals surface area contributed by atoms with Gasteiger partial charge in [0.05, 0.1) is 16.1 Å². The molecule has 0 radical (unpaired) electrons. The van der Waals surface area contributed by atoms with Gasteiger partial charge >= 0.3 is 0 Å². The highest BCUT2D eigenvalue weighted by Gasteiger charge is 2.38. The van der Waals surface area contributed by atoms with E-state index in [1.807, 2.05) is 0 Å². The maximum Gasteiger partial charge on any atom is 0.187 e. The lowest BCUT2D eigenvalue weighted by molar-refractivity contribution is 0.118.